The zero-order valence-electron chi connectivity index (χ0n) is 18.9. The summed E-state index contributed by atoms with van der Waals surface area (Å²) in [6, 6.07) is 10.1. The summed E-state index contributed by atoms with van der Waals surface area (Å²) in [5.74, 6) is 0.724. The number of fused-ring (bicyclic) bond motifs is 2. The summed E-state index contributed by atoms with van der Waals surface area (Å²) < 4.78 is 21.7. The summed E-state index contributed by atoms with van der Waals surface area (Å²) in [6.45, 7) is 6.99. The lowest BCUT2D eigenvalue weighted by molar-refractivity contribution is -0.144. The van der Waals surface area contributed by atoms with Crippen LogP contribution >= 0.6 is 0 Å². The van der Waals surface area contributed by atoms with Crippen molar-refractivity contribution in [1.29, 1.82) is 0 Å². The molecule has 0 unspecified atom stereocenters. The van der Waals surface area contributed by atoms with Crippen molar-refractivity contribution in [3.8, 4) is 11.5 Å². The van der Waals surface area contributed by atoms with Crippen molar-refractivity contribution in [1.82, 2.24) is 0 Å². The van der Waals surface area contributed by atoms with E-state index in [-0.39, 0.29) is 25.2 Å². The van der Waals surface area contributed by atoms with E-state index in [1.807, 2.05) is 19.1 Å². The Balaban J connectivity index is 1.41. The van der Waals surface area contributed by atoms with E-state index < -0.39 is 11.6 Å². The van der Waals surface area contributed by atoms with Crippen LogP contribution in [-0.4, -0.2) is 25.0 Å². The number of benzene rings is 2. The van der Waals surface area contributed by atoms with Crippen LogP contribution in [0.1, 0.15) is 59.7 Å². The molecule has 2 heterocycles. The highest BCUT2D eigenvalue weighted by molar-refractivity contribution is 5.98. The first kappa shape index (κ1) is 22.6. The molecule has 0 radical (unpaired) electrons. The molecule has 0 spiro atoms. The lowest BCUT2D eigenvalue weighted by Crippen LogP contribution is -2.16. The molecule has 3 aromatic rings. The van der Waals surface area contributed by atoms with E-state index in [4.69, 9.17) is 18.6 Å². The van der Waals surface area contributed by atoms with Crippen LogP contribution < -0.4 is 15.1 Å². The predicted molar refractivity (Wildman–Crippen MR) is 122 cm³/mol. The third-order valence-electron chi connectivity index (χ3n) is 5.65. The van der Waals surface area contributed by atoms with E-state index in [0.717, 1.165) is 16.5 Å². The molecule has 0 amide bonds. The van der Waals surface area contributed by atoms with Gasteiger partial charge >= 0.3 is 11.6 Å². The lowest BCUT2D eigenvalue weighted by Gasteiger charge is -2.18. The Labute approximate surface area is 191 Å². The first-order valence-corrected chi connectivity index (χ1v) is 11.0. The molecule has 7 heteroatoms. The van der Waals surface area contributed by atoms with Crippen LogP contribution in [0.25, 0.3) is 11.0 Å². The van der Waals surface area contributed by atoms with Gasteiger partial charge < -0.3 is 18.6 Å². The van der Waals surface area contributed by atoms with Crippen molar-refractivity contribution in [3.05, 3.63) is 69.1 Å². The van der Waals surface area contributed by atoms with Gasteiger partial charge in [-0.05, 0) is 54.3 Å². The molecular weight excluding hydrogens is 424 g/mol. The minimum atomic E-state index is -0.515. The Morgan fingerprint density at radius 2 is 1.76 bits per heavy atom. The Hall–Kier alpha value is -3.61. The van der Waals surface area contributed by atoms with Crippen LogP contribution in [0.3, 0.4) is 0 Å². The van der Waals surface area contributed by atoms with Crippen molar-refractivity contribution < 1.29 is 28.2 Å². The summed E-state index contributed by atoms with van der Waals surface area (Å²) >= 11 is 0. The predicted octanol–water partition coefficient (Wildman–Crippen LogP) is 4.70. The summed E-state index contributed by atoms with van der Waals surface area (Å²) in [4.78, 5) is 36.8. The number of ether oxygens (including phenoxy) is 3. The Kier molecular flexibility index (Phi) is 6.49. The Morgan fingerprint density at radius 3 is 2.52 bits per heavy atom. The first-order chi connectivity index (χ1) is 15.8. The maximum atomic E-state index is 12.5. The van der Waals surface area contributed by atoms with Crippen molar-refractivity contribution >= 4 is 22.7 Å². The van der Waals surface area contributed by atoms with E-state index >= 15 is 0 Å². The number of rotatable bonds is 7. The van der Waals surface area contributed by atoms with Gasteiger partial charge in [0.1, 0.15) is 25.4 Å². The SMILES string of the molecule is Cc1cc2oc(=O)cc(COC(=O)CCC(=O)c3ccc4c(c3)OCCO4)c2cc1C(C)C. The molecule has 0 N–H and O–H groups in total. The fraction of sp³-hybridized carbons (Fsp3) is 0.346. The first-order valence-electron chi connectivity index (χ1n) is 11.0. The van der Waals surface area contributed by atoms with E-state index in [0.29, 0.717) is 47.3 Å². The monoisotopic (exact) mass is 450 g/mol. The number of ketones is 1. The number of hydrogen-bond donors (Lipinski definition) is 0. The van der Waals surface area contributed by atoms with Gasteiger partial charge in [-0.25, -0.2) is 4.79 Å². The summed E-state index contributed by atoms with van der Waals surface area (Å²) in [5, 5.41) is 0.740. The maximum Gasteiger partial charge on any atom is 0.336 e. The second-order valence-corrected chi connectivity index (χ2v) is 8.39. The van der Waals surface area contributed by atoms with Crippen LogP contribution in [0.2, 0.25) is 0 Å². The smallest absolute Gasteiger partial charge is 0.336 e. The average Bonchev–Trinajstić information content (AvgIpc) is 2.79. The third-order valence-corrected chi connectivity index (χ3v) is 5.65. The van der Waals surface area contributed by atoms with Crippen LogP contribution in [-0.2, 0) is 16.1 Å². The quantitative estimate of drug-likeness (QED) is 0.293. The standard InChI is InChI=1S/C26H26O7/c1-15(2)19-13-20-18(12-26(29)33-23(20)10-16(19)3)14-32-25(28)7-5-21(27)17-4-6-22-24(11-17)31-9-8-30-22/h4,6,10-13,15H,5,7-9,14H2,1-3H3. The minimum Gasteiger partial charge on any atom is -0.486 e. The van der Waals surface area contributed by atoms with Gasteiger partial charge in [-0.2, -0.15) is 0 Å². The fourth-order valence-corrected chi connectivity index (χ4v) is 3.94. The van der Waals surface area contributed by atoms with Crippen molar-refractivity contribution in [2.45, 2.75) is 46.1 Å². The van der Waals surface area contributed by atoms with Gasteiger partial charge in [0.05, 0.1) is 6.42 Å². The van der Waals surface area contributed by atoms with Gasteiger partial charge in [0.2, 0.25) is 0 Å². The zero-order valence-corrected chi connectivity index (χ0v) is 18.9. The van der Waals surface area contributed by atoms with E-state index in [1.165, 1.54) is 6.07 Å². The molecule has 0 fully saturated rings. The average molecular weight is 450 g/mol. The molecule has 7 nitrogen and oxygen atoms in total. The van der Waals surface area contributed by atoms with Crippen molar-refractivity contribution in [3.63, 3.8) is 0 Å². The third kappa shape index (κ3) is 5.08. The number of carbonyl (C=O) groups excluding carboxylic acids is 2. The van der Waals surface area contributed by atoms with Crippen molar-refractivity contribution in [2.24, 2.45) is 0 Å². The molecule has 0 atom stereocenters. The van der Waals surface area contributed by atoms with E-state index in [1.54, 1.807) is 18.2 Å². The Morgan fingerprint density at radius 1 is 1.00 bits per heavy atom. The number of esters is 1. The topological polar surface area (TPSA) is 92.0 Å². The second kappa shape index (κ2) is 9.48. The molecule has 0 saturated heterocycles. The van der Waals surface area contributed by atoms with Gasteiger partial charge in [-0.15, -0.1) is 0 Å². The molecule has 0 bridgehead atoms. The molecule has 1 aliphatic heterocycles. The molecule has 4 rings (SSSR count). The van der Waals surface area contributed by atoms with E-state index in [9.17, 15) is 14.4 Å². The number of hydrogen-bond acceptors (Lipinski definition) is 7. The fourth-order valence-electron chi connectivity index (χ4n) is 3.94. The summed E-state index contributed by atoms with van der Waals surface area (Å²) in [6.07, 6.45) is -0.0597. The normalized spacial score (nSPS) is 12.7. The van der Waals surface area contributed by atoms with Gasteiger partial charge in [0.15, 0.2) is 17.3 Å². The van der Waals surface area contributed by atoms with Gasteiger partial charge in [-0.1, -0.05) is 13.8 Å². The zero-order chi connectivity index (χ0) is 23.5. The van der Waals surface area contributed by atoms with Crippen LogP contribution in [0.4, 0.5) is 0 Å². The van der Waals surface area contributed by atoms with Crippen molar-refractivity contribution in [2.75, 3.05) is 13.2 Å². The largest absolute Gasteiger partial charge is 0.486 e. The maximum absolute atomic E-state index is 12.5. The molecule has 1 aliphatic rings. The van der Waals surface area contributed by atoms with Crippen LogP contribution in [0.15, 0.2) is 45.6 Å². The molecule has 0 aliphatic carbocycles. The number of carbonyl (C=O) groups is 2. The summed E-state index contributed by atoms with van der Waals surface area (Å²) in [5.41, 5.74) is 3.16. The summed E-state index contributed by atoms with van der Waals surface area (Å²) in [7, 11) is 0. The molecule has 33 heavy (non-hydrogen) atoms. The highest BCUT2D eigenvalue weighted by Crippen LogP contribution is 2.31. The minimum absolute atomic E-state index is 0.00679. The van der Waals surface area contributed by atoms with Crippen LogP contribution in [0, 0.1) is 6.92 Å². The number of Topliss-reactive ketones (excluding diaryl/α,β-unsaturated/α-hetero) is 1. The van der Waals surface area contributed by atoms with Gasteiger partial charge in [-0.3, -0.25) is 9.59 Å². The van der Waals surface area contributed by atoms with Crippen LogP contribution in [0.5, 0.6) is 11.5 Å². The van der Waals surface area contributed by atoms with Gasteiger partial charge in [0.25, 0.3) is 0 Å². The lowest BCUT2D eigenvalue weighted by atomic mass is 9.95. The molecule has 0 saturated carbocycles. The van der Waals surface area contributed by atoms with E-state index in [2.05, 4.69) is 13.8 Å². The molecular formula is C26H26O7. The molecule has 1 aromatic heterocycles. The highest BCUT2D eigenvalue weighted by atomic mass is 16.6. The number of aryl methyl sites for hydroxylation is 1. The highest BCUT2D eigenvalue weighted by Gasteiger charge is 2.17. The second-order valence-electron chi connectivity index (χ2n) is 8.39. The molecule has 172 valence electrons. The Bertz CT molecular complexity index is 1270. The van der Waals surface area contributed by atoms with Gasteiger partial charge in [0, 0.05) is 29.0 Å². The molecule has 2 aromatic carbocycles.